The van der Waals surface area contributed by atoms with Gasteiger partial charge >= 0.3 is 0 Å². The summed E-state index contributed by atoms with van der Waals surface area (Å²) in [5, 5.41) is 14.6. The second-order valence-electron chi connectivity index (χ2n) is 5.57. The summed E-state index contributed by atoms with van der Waals surface area (Å²) >= 11 is 0. The molecule has 122 valence electrons. The molecule has 8 nitrogen and oxygen atoms in total. The van der Waals surface area contributed by atoms with E-state index in [1.54, 1.807) is 4.68 Å². The van der Waals surface area contributed by atoms with Gasteiger partial charge in [-0.25, -0.2) is 0 Å². The van der Waals surface area contributed by atoms with Crippen LogP contribution in [-0.4, -0.2) is 44.9 Å². The maximum absolute atomic E-state index is 12.3. The molecule has 8 heteroatoms. The van der Waals surface area contributed by atoms with E-state index < -0.39 is 6.10 Å². The lowest BCUT2D eigenvalue weighted by Gasteiger charge is -2.17. The summed E-state index contributed by atoms with van der Waals surface area (Å²) in [6.07, 6.45) is 1.01. The Labute approximate surface area is 134 Å². The Balaban J connectivity index is 1.69. The van der Waals surface area contributed by atoms with Gasteiger partial charge in [0, 0.05) is 6.54 Å². The van der Waals surface area contributed by atoms with E-state index in [2.05, 4.69) is 20.8 Å². The highest BCUT2D eigenvalue weighted by Gasteiger charge is 2.31. The zero-order chi connectivity index (χ0) is 16.2. The number of para-hydroxylation sites is 1. The van der Waals surface area contributed by atoms with Crippen LogP contribution >= 0.6 is 0 Å². The van der Waals surface area contributed by atoms with Crippen LogP contribution < -0.4 is 11.1 Å². The first-order valence-electron chi connectivity index (χ1n) is 7.68. The van der Waals surface area contributed by atoms with E-state index >= 15 is 0 Å². The standard InChI is InChI=1S/C15H20N6O2/c1-10(17-15(22)13-8-7-12(9-16)23-13)14-18-19-20-21(14)11-5-3-2-4-6-11/h2-6,10,12-13H,7-9,16H2,1H3,(H,17,22)/t10?,12-,13+/m1/s1. The minimum Gasteiger partial charge on any atom is -0.364 e. The third kappa shape index (κ3) is 3.38. The Morgan fingerprint density at radius 2 is 2.22 bits per heavy atom. The predicted octanol–water partition coefficient (Wildman–Crippen LogP) is 0.346. The zero-order valence-electron chi connectivity index (χ0n) is 12.9. The average Bonchev–Trinajstić information content (AvgIpc) is 3.24. The summed E-state index contributed by atoms with van der Waals surface area (Å²) in [7, 11) is 0. The summed E-state index contributed by atoms with van der Waals surface area (Å²) in [5.74, 6) is 0.411. The Bertz CT molecular complexity index is 659. The first-order chi connectivity index (χ1) is 11.2. The van der Waals surface area contributed by atoms with E-state index in [0.717, 1.165) is 12.1 Å². The van der Waals surface area contributed by atoms with Gasteiger partial charge in [-0.1, -0.05) is 18.2 Å². The molecule has 1 amide bonds. The summed E-state index contributed by atoms with van der Waals surface area (Å²) < 4.78 is 7.22. The second-order valence-corrected chi connectivity index (χ2v) is 5.57. The van der Waals surface area contributed by atoms with Crippen LogP contribution in [0.2, 0.25) is 0 Å². The van der Waals surface area contributed by atoms with Gasteiger partial charge in [0.05, 0.1) is 17.8 Å². The molecular formula is C15H20N6O2. The van der Waals surface area contributed by atoms with Gasteiger partial charge in [-0.3, -0.25) is 4.79 Å². The predicted molar refractivity (Wildman–Crippen MR) is 82.7 cm³/mol. The van der Waals surface area contributed by atoms with Crippen LogP contribution in [-0.2, 0) is 9.53 Å². The van der Waals surface area contributed by atoms with Crippen molar-refractivity contribution in [2.24, 2.45) is 5.73 Å². The van der Waals surface area contributed by atoms with Crippen molar-refractivity contribution in [2.75, 3.05) is 6.54 Å². The first kappa shape index (κ1) is 15.6. The fraction of sp³-hybridized carbons (Fsp3) is 0.467. The number of carbonyl (C=O) groups is 1. The Hall–Kier alpha value is -2.32. The molecule has 0 spiro atoms. The van der Waals surface area contributed by atoms with Gasteiger partial charge < -0.3 is 15.8 Å². The number of rotatable bonds is 5. The Kier molecular flexibility index (Phi) is 4.63. The highest BCUT2D eigenvalue weighted by Crippen LogP contribution is 2.20. The largest absolute Gasteiger partial charge is 0.364 e. The molecule has 0 saturated carbocycles. The molecule has 3 rings (SSSR count). The number of nitrogens with one attached hydrogen (secondary N) is 1. The number of tetrazole rings is 1. The molecule has 0 radical (unpaired) electrons. The van der Waals surface area contributed by atoms with Crippen molar-refractivity contribution in [3.05, 3.63) is 36.2 Å². The van der Waals surface area contributed by atoms with Crippen molar-refractivity contribution < 1.29 is 9.53 Å². The summed E-state index contributed by atoms with van der Waals surface area (Å²) in [6.45, 7) is 2.28. The van der Waals surface area contributed by atoms with E-state index in [9.17, 15) is 4.79 Å². The number of benzene rings is 1. The van der Waals surface area contributed by atoms with Gasteiger partial charge in [0.25, 0.3) is 0 Å². The van der Waals surface area contributed by atoms with Crippen LogP contribution in [0.15, 0.2) is 30.3 Å². The van der Waals surface area contributed by atoms with Crippen LogP contribution in [0, 0.1) is 0 Å². The number of nitrogens with zero attached hydrogens (tertiary/aromatic N) is 4. The molecule has 0 aliphatic carbocycles. The van der Waals surface area contributed by atoms with E-state index in [1.165, 1.54) is 0 Å². The molecular weight excluding hydrogens is 296 g/mol. The third-order valence-electron chi connectivity index (χ3n) is 3.90. The molecule has 23 heavy (non-hydrogen) atoms. The van der Waals surface area contributed by atoms with Gasteiger partial charge in [-0.15, -0.1) is 5.10 Å². The number of amides is 1. The lowest BCUT2D eigenvalue weighted by molar-refractivity contribution is -0.132. The normalized spacial score (nSPS) is 22.0. The van der Waals surface area contributed by atoms with Crippen LogP contribution in [0.3, 0.4) is 0 Å². The smallest absolute Gasteiger partial charge is 0.249 e. The van der Waals surface area contributed by atoms with Crippen LogP contribution in [0.25, 0.3) is 5.69 Å². The van der Waals surface area contributed by atoms with E-state index in [4.69, 9.17) is 10.5 Å². The lowest BCUT2D eigenvalue weighted by atomic mass is 10.2. The molecule has 1 fully saturated rings. The molecule has 3 atom stereocenters. The monoisotopic (exact) mass is 316 g/mol. The fourth-order valence-electron chi connectivity index (χ4n) is 2.66. The highest BCUT2D eigenvalue weighted by molar-refractivity contribution is 5.81. The van der Waals surface area contributed by atoms with Crippen molar-refractivity contribution in [1.29, 1.82) is 0 Å². The van der Waals surface area contributed by atoms with Crippen LogP contribution in [0.5, 0.6) is 0 Å². The van der Waals surface area contributed by atoms with Crippen LogP contribution in [0.1, 0.15) is 31.6 Å². The second kappa shape index (κ2) is 6.84. The average molecular weight is 316 g/mol. The van der Waals surface area contributed by atoms with Gasteiger partial charge in [-0.05, 0) is 42.3 Å². The van der Waals surface area contributed by atoms with E-state index in [0.29, 0.717) is 18.8 Å². The van der Waals surface area contributed by atoms with Crippen molar-refractivity contribution >= 4 is 5.91 Å². The number of hydrogen-bond acceptors (Lipinski definition) is 6. The highest BCUT2D eigenvalue weighted by atomic mass is 16.5. The molecule has 1 aliphatic rings. The summed E-state index contributed by atoms with van der Waals surface area (Å²) in [5.41, 5.74) is 6.41. The molecule has 2 aromatic rings. The minimum atomic E-state index is -0.452. The van der Waals surface area contributed by atoms with Crippen molar-refractivity contribution in [2.45, 2.75) is 38.0 Å². The maximum atomic E-state index is 12.3. The topological polar surface area (TPSA) is 108 Å². The van der Waals surface area contributed by atoms with Crippen LogP contribution in [0.4, 0.5) is 0 Å². The molecule has 1 aromatic heterocycles. The fourth-order valence-corrected chi connectivity index (χ4v) is 2.66. The molecule has 1 saturated heterocycles. The van der Waals surface area contributed by atoms with Gasteiger partial charge in [-0.2, -0.15) is 4.68 Å². The molecule has 2 heterocycles. The first-order valence-corrected chi connectivity index (χ1v) is 7.68. The maximum Gasteiger partial charge on any atom is 0.249 e. The number of carbonyl (C=O) groups excluding carboxylic acids is 1. The SMILES string of the molecule is CC(NC(=O)[C@@H]1CC[C@H](CN)O1)c1nnnn1-c1ccccc1. The molecule has 3 N–H and O–H groups in total. The number of nitrogens with two attached hydrogens (primary N) is 1. The van der Waals surface area contributed by atoms with E-state index in [-0.39, 0.29) is 18.1 Å². The minimum absolute atomic E-state index is 0.0318. The van der Waals surface area contributed by atoms with Gasteiger partial charge in [0.2, 0.25) is 5.91 Å². The quantitative estimate of drug-likeness (QED) is 0.824. The van der Waals surface area contributed by atoms with Crippen molar-refractivity contribution in [3.8, 4) is 5.69 Å². The molecule has 1 aromatic carbocycles. The van der Waals surface area contributed by atoms with E-state index in [1.807, 2.05) is 37.3 Å². The third-order valence-corrected chi connectivity index (χ3v) is 3.90. The lowest BCUT2D eigenvalue weighted by Crippen LogP contribution is -2.37. The van der Waals surface area contributed by atoms with Gasteiger partial charge in [0.15, 0.2) is 5.82 Å². The van der Waals surface area contributed by atoms with Crippen molar-refractivity contribution in [1.82, 2.24) is 25.5 Å². The zero-order valence-corrected chi connectivity index (χ0v) is 12.9. The molecule has 1 aliphatic heterocycles. The molecule has 1 unspecified atom stereocenters. The number of hydrogen-bond donors (Lipinski definition) is 2. The Morgan fingerprint density at radius 3 is 2.91 bits per heavy atom. The summed E-state index contributed by atoms with van der Waals surface area (Å²) in [6, 6.07) is 9.20. The van der Waals surface area contributed by atoms with Gasteiger partial charge in [0.1, 0.15) is 6.10 Å². The number of ether oxygens (including phenoxy) is 1. The molecule has 0 bridgehead atoms. The number of aromatic nitrogens is 4. The summed E-state index contributed by atoms with van der Waals surface area (Å²) in [4.78, 5) is 12.3. The Morgan fingerprint density at radius 1 is 1.43 bits per heavy atom. The van der Waals surface area contributed by atoms with Crippen molar-refractivity contribution in [3.63, 3.8) is 0 Å².